The quantitative estimate of drug-likeness (QED) is 0.747. The summed E-state index contributed by atoms with van der Waals surface area (Å²) in [5.41, 5.74) is 1.43. The molecule has 0 aliphatic heterocycles. The van der Waals surface area contributed by atoms with Crippen LogP contribution in [0, 0.1) is 0 Å². The lowest BCUT2D eigenvalue weighted by Gasteiger charge is -2.12. The predicted molar refractivity (Wildman–Crippen MR) is 95.4 cm³/mol. The van der Waals surface area contributed by atoms with E-state index in [1.807, 2.05) is 24.3 Å². The average Bonchev–Trinajstić information content (AvgIpc) is 2.66. The van der Waals surface area contributed by atoms with Crippen LogP contribution in [0.3, 0.4) is 0 Å². The summed E-state index contributed by atoms with van der Waals surface area (Å²) in [6.07, 6.45) is 1.73. The Labute approximate surface area is 145 Å². The normalized spacial score (nSPS) is 10.3. The highest BCUT2D eigenvalue weighted by Gasteiger charge is 2.10. The van der Waals surface area contributed by atoms with Crippen LogP contribution in [0.15, 0.2) is 54.7 Å². The molecule has 25 heavy (non-hydrogen) atoms. The van der Waals surface area contributed by atoms with Crippen LogP contribution in [-0.4, -0.2) is 31.7 Å². The second-order valence-electron chi connectivity index (χ2n) is 5.26. The standard InChI is InChI=1S/C19H18N2O4/c1-23-14-5-8-17(18(11-14)24-2)21-19(22)12-25-15-6-7-16-13(10-15)4-3-9-20-16/h3-11H,12H2,1-2H3,(H,21,22). The van der Waals surface area contributed by atoms with Gasteiger partial charge in [-0.2, -0.15) is 0 Å². The number of fused-ring (bicyclic) bond motifs is 1. The lowest BCUT2D eigenvalue weighted by molar-refractivity contribution is -0.118. The van der Waals surface area contributed by atoms with Crippen LogP contribution in [0.5, 0.6) is 17.2 Å². The van der Waals surface area contributed by atoms with Crippen molar-refractivity contribution in [3.63, 3.8) is 0 Å². The molecule has 0 atom stereocenters. The monoisotopic (exact) mass is 338 g/mol. The number of anilines is 1. The molecule has 0 aliphatic rings. The van der Waals surface area contributed by atoms with Gasteiger partial charge < -0.3 is 19.5 Å². The van der Waals surface area contributed by atoms with E-state index in [0.29, 0.717) is 22.9 Å². The van der Waals surface area contributed by atoms with E-state index in [9.17, 15) is 4.79 Å². The SMILES string of the molecule is COc1ccc(NC(=O)COc2ccc3ncccc3c2)c(OC)c1. The molecule has 0 bridgehead atoms. The van der Waals surface area contributed by atoms with Crippen molar-refractivity contribution in [2.45, 2.75) is 0 Å². The Morgan fingerprint density at radius 3 is 2.68 bits per heavy atom. The van der Waals surface area contributed by atoms with Crippen molar-refractivity contribution >= 4 is 22.5 Å². The molecule has 1 aromatic heterocycles. The van der Waals surface area contributed by atoms with Crippen molar-refractivity contribution in [3.05, 3.63) is 54.7 Å². The summed E-state index contributed by atoms with van der Waals surface area (Å²) in [5, 5.41) is 3.72. The van der Waals surface area contributed by atoms with Gasteiger partial charge in [-0.15, -0.1) is 0 Å². The van der Waals surface area contributed by atoms with Crippen LogP contribution in [0.4, 0.5) is 5.69 Å². The first-order valence-electron chi connectivity index (χ1n) is 7.69. The Hall–Kier alpha value is -3.28. The summed E-state index contributed by atoms with van der Waals surface area (Å²) in [7, 11) is 3.10. The summed E-state index contributed by atoms with van der Waals surface area (Å²) >= 11 is 0. The second kappa shape index (κ2) is 7.53. The van der Waals surface area contributed by atoms with Gasteiger partial charge in [0.1, 0.15) is 17.2 Å². The molecule has 0 fully saturated rings. The predicted octanol–water partition coefficient (Wildman–Crippen LogP) is 3.27. The number of methoxy groups -OCH3 is 2. The summed E-state index contributed by atoms with van der Waals surface area (Å²) in [6.45, 7) is -0.110. The number of amides is 1. The third-order valence-electron chi connectivity index (χ3n) is 3.63. The number of ether oxygens (including phenoxy) is 3. The largest absolute Gasteiger partial charge is 0.497 e. The lowest BCUT2D eigenvalue weighted by Crippen LogP contribution is -2.20. The summed E-state index contributed by atoms with van der Waals surface area (Å²) in [5.74, 6) is 1.49. The molecule has 1 amide bonds. The molecule has 0 radical (unpaired) electrons. The molecule has 128 valence electrons. The first kappa shape index (κ1) is 16.6. The number of carbonyl (C=O) groups excluding carboxylic acids is 1. The van der Waals surface area contributed by atoms with E-state index in [-0.39, 0.29) is 12.5 Å². The molecular formula is C19H18N2O4. The van der Waals surface area contributed by atoms with Gasteiger partial charge in [-0.25, -0.2) is 0 Å². The molecule has 2 aromatic carbocycles. The zero-order valence-corrected chi connectivity index (χ0v) is 14.0. The third kappa shape index (κ3) is 3.98. The fraction of sp³-hybridized carbons (Fsp3) is 0.158. The first-order chi connectivity index (χ1) is 12.2. The Morgan fingerprint density at radius 2 is 1.88 bits per heavy atom. The Morgan fingerprint density at radius 1 is 1.04 bits per heavy atom. The smallest absolute Gasteiger partial charge is 0.262 e. The topological polar surface area (TPSA) is 69.7 Å². The molecule has 3 aromatic rings. The number of aromatic nitrogens is 1. The van der Waals surface area contributed by atoms with Crippen molar-refractivity contribution in [1.29, 1.82) is 0 Å². The van der Waals surface area contributed by atoms with Gasteiger partial charge in [0.15, 0.2) is 6.61 Å². The molecule has 0 unspecified atom stereocenters. The van der Waals surface area contributed by atoms with Crippen LogP contribution in [0.1, 0.15) is 0 Å². The molecule has 0 spiro atoms. The van der Waals surface area contributed by atoms with Gasteiger partial charge in [0, 0.05) is 17.6 Å². The first-order valence-corrected chi connectivity index (χ1v) is 7.69. The minimum atomic E-state index is -0.283. The van der Waals surface area contributed by atoms with E-state index < -0.39 is 0 Å². The van der Waals surface area contributed by atoms with Crippen LogP contribution in [-0.2, 0) is 4.79 Å². The minimum absolute atomic E-state index is 0.110. The lowest BCUT2D eigenvalue weighted by atomic mass is 10.2. The Balaban J connectivity index is 1.64. The number of pyridine rings is 1. The number of rotatable bonds is 6. The van der Waals surface area contributed by atoms with Gasteiger partial charge in [0.05, 0.1) is 25.4 Å². The van der Waals surface area contributed by atoms with Crippen LogP contribution >= 0.6 is 0 Å². The maximum Gasteiger partial charge on any atom is 0.262 e. The van der Waals surface area contributed by atoms with Crippen LogP contribution < -0.4 is 19.5 Å². The highest BCUT2D eigenvalue weighted by Crippen LogP contribution is 2.29. The zero-order chi connectivity index (χ0) is 17.6. The second-order valence-corrected chi connectivity index (χ2v) is 5.26. The minimum Gasteiger partial charge on any atom is -0.497 e. The molecule has 1 N–H and O–H groups in total. The highest BCUT2D eigenvalue weighted by molar-refractivity contribution is 5.93. The van der Waals surface area contributed by atoms with Gasteiger partial charge in [0.2, 0.25) is 0 Å². The van der Waals surface area contributed by atoms with Crippen molar-refractivity contribution in [2.75, 3.05) is 26.1 Å². The van der Waals surface area contributed by atoms with Crippen molar-refractivity contribution in [2.24, 2.45) is 0 Å². The molecule has 3 rings (SSSR count). The summed E-state index contributed by atoms with van der Waals surface area (Å²) < 4.78 is 16.0. The number of hydrogen-bond donors (Lipinski definition) is 1. The van der Waals surface area contributed by atoms with Crippen molar-refractivity contribution in [1.82, 2.24) is 4.98 Å². The molecular weight excluding hydrogens is 320 g/mol. The fourth-order valence-electron chi connectivity index (χ4n) is 2.38. The van der Waals surface area contributed by atoms with E-state index in [1.54, 1.807) is 37.6 Å². The van der Waals surface area contributed by atoms with E-state index in [0.717, 1.165) is 10.9 Å². The van der Waals surface area contributed by atoms with E-state index in [4.69, 9.17) is 14.2 Å². The highest BCUT2D eigenvalue weighted by atomic mass is 16.5. The summed E-state index contributed by atoms with van der Waals surface area (Å²) in [4.78, 5) is 16.4. The van der Waals surface area contributed by atoms with Gasteiger partial charge in [-0.05, 0) is 36.4 Å². The van der Waals surface area contributed by atoms with E-state index in [1.165, 1.54) is 7.11 Å². The summed E-state index contributed by atoms with van der Waals surface area (Å²) in [6, 6.07) is 14.5. The number of nitrogens with one attached hydrogen (secondary N) is 1. The molecule has 6 nitrogen and oxygen atoms in total. The molecule has 1 heterocycles. The van der Waals surface area contributed by atoms with Gasteiger partial charge >= 0.3 is 0 Å². The van der Waals surface area contributed by atoms with Gasteiger partial charge in [-0.3, -0.25) is 9.78 Å². The maximum atomic E-state index is 12.1. The maximum absolute atomic E-state index is 12.1. The Bertz CT molecular complexity index is 895. The number of nitrogens with zero attached hydrogens (tertiary/aromatic N) is 1. The van der Waals surface area contributed by atoms with Gasteiger partial charge in [-0.1, -0.05) is 6.07 Å². The third-order valence-corrected chi connectivity index (χ3v) is 3.63. The number of benzene rings is 2. The molecule has 6 heteroatoms. The van der Waals surface area contributed by atoms with Crippen molar-refractivity contribution < 1.29 is 19.0 Å². The Kier molecular flexibility index (Phi) is 4.99. The molecule has 0 saturated carbocycles. The van der Waals surface area contributed by atoms with E-state index >= 15 is 0 Å². The van der Waals surface area contributed by atoms with E-state index in [2.05, 4.69) is 10.3 Å². The number of hydrogen-bond acceptors (Lipinski definition) is 5. The molecule has 0 aliphatic carbocycles. The molecule has 0 saturated heterocycles. The van der Waals surface area contributed by atoms with Crippen LogP contribution in [0.25, 0.3) is 10.9 Å². The van der Waals surface area contributed by atoms with Crippen LogP contribution in [0.2, 0.25) is 0 Å². The van der Waals surface area contributed by atoms with Gasteiger partial charge in [0.25, 0.3) is 5.91 Å². The number of carbonyl (C=O) groups is 1. The fourth-order valence-corrected chi connectivity index (χ4v) is 2.38. The van der Waals surface area contributed by atoms with Crippen molar-refractivity contribution in [3.8, 4) is 17.2 Å². The zero-order valence-electron chi connectivity index (χ0n) is 14.0. The average molecular weight is 338 g/mol.